The molecule has 0 fully saturated rings. The quantitative estimate of drug-likeness (QED) is 0.412. The molecule has 2 aromatic heterocycles. The van der Waals surface area contributed by atoms with Gasteiger partial charge in [-0.3, -0.25) is 18.7 Å². The van der Waals surface area contributed by atoms with Gasteiger partial charge in [-0.2, -0.15) is 4.80 Å². The molecule has 0 aliphatic rings. The van der Waals surface area contributed by atoms with Crippen LogP contribution >= 0.6 is 0 Å². The van der Waals surface area contributed by atoms with Crippen LogP contribution in [0, 0.1) is 12.7 Å². The molecule has 0 unspecified atom stereocenters. The summed E-state index contributed by atoms with van der Waals surface area (Å²) in [4.78, 5) is 39.9. The molecule has 0 atom stereocenters. The molecule has 174 valence electrons. The fourth-order valence-corrected chi connectivity index (χ4v) is 3.59. The van der Waals surface area contributed by atoms with Gasteiger partial charge in [-0.1, -0.05) is 30.3 Å². The van der Waals surface area contributed by atoms with Crippen LogP contribution in [0.2, 0.25) is 0 Å². The van der Waals surface area contributed by atoms with Gasteiger partial charge in [0.2, 0.25) is 5.82 Å². The number of hydrogen-bond donors (Lipinski definition) is 1. The van der Waals surface area contributed by atoms with E-state index in [1.807, 2.05) is 30.3 Å². The largest absolute Gasteiger partial charge is 0.384 e. The van der Waals surface area contributed by atoms with Gasteiger partial charge in [0.15, 0.2) is 5.78 Å². The molecule has 0 aliphatic carbocycles. The summed E-state index contributed by atoms with van der Waals surface area (Å²) in [6, 6.07) is 13.5. The van der Waals surface area contributed by atoms with Crippen LogP contribution in [0.3, 0.4) is 0 Å². The van der Waals surface area contributed by atoms with Crippen molar-refractivity contribution in [2.24, 2.45) is 0 Å². The molecule has 0 saturated carbocycles. The average Bonchev–Trinajstić information content (AvgIpc) is 3.28. The van der Waals surface area contributed by atoms with Crippen LogP contribution in [0.5, 0.6) is 0 Å². The summed E-state index contributed by atoms with van der Waals surface area (Å²) in [6.07, 6.45) is 0. The van der Waals surface area contributed by atoms with Gasteiger partial charge < -0.3 is 5.73 Å². The zero-order chi connectivity index (χ0) is 24.4. The molecule has 2 heterocycles. The van der Waals surface area contributed by atoms with Gasteiger partial charge >= 0.3 is 5.69 Å². The molecule has 4 rings (SSSR count). The van der Waals surface area contributed by atoms with Gasteiger partial charge in [-0.25, -0.2) is 9.18 Å². The van der Waals surface area contributed by atoms with Crippen molar-refractivity contribution in [2.45, 2.75) is 33.5 Å². The molecule has 0 spiro atoms. The van der Waals surface area contributed by atoms with Gasteiger partial charge in [-0.05, 0) is 48.4 Å². The van der Waals surface area contributed by atoms with Gasteiger partial charge in [-0.15, -0.1) is 10.2 Å². The Morgan fingerprint density at radius 2 is 1.82 bits per heavy atom. The Bertz CT molecular complexity index is 1490. The number of nitrogens with zero attached hydrogens (tertiary/aromatic N) is 6. The summed E-state index contributed by atoms with van der Waals surface area (Å²) in [5.74, 6) is -1.04. The lowest BCUT2D eigenvalue weighted by atomic mass is 10.1. The van der Waals surface area contributed by atoms with E-state index in [9.17, 15) is 18.8 Å². The first kappa shape index (κ1) is 22.8. The van der Waals surface area contributed by atoms with Gasteiger partial charge in [0.1, 0.15) is 23.7 Å². The Morgan fingerprint density at radius 3 is 2.50 bits per heavy atom. The molecule has 4 aromatic rings. The molecule has 0 aliphatic heterocycles. The van der Waals surface area contributed by atoms with E-state index in [2.05, 4.69) is 15.4 Å². The fourth-order valence-electron chi connectivity index (χ4n) is 3.59. The zero-order valence-corrected chi connectivity index (χ0v) is 18.6. The minimum Gasteiger partial charge on any atom is -0.384 e. The highest BCUT2D eigenvalue weighted by molar-refractivity contribution is 5.99. The lowest BCUT2D eigenvalue weighted by molar-refractivity contribution is 0.0959. The predicted molar refractivity (Wildman–Crippen MR) is 123 cm³/mol. The SMILES string of the molecule is CCn1c(=O)c(C(=O)Cn2nnc(-c3ccc(F)c(C)c3)n2)c(N)n(Cc2ccccc2)c1=O. The molecule has 0 amide bonds. The highest BCUT2D eigenvalue weighted by atomic mass is 19.1. The zero-order valence-electron chi connectivity index (χ0n) is 18.6. The molecule has 0 radical (unpaired) electrons. The third-order valence-electron chi connectivity index (χ3n) is 5.40. The van der Waals surface area contributed by atoms with Crippen molar-refractivity contribution in [3.63, 3.8) is 0 Å². The maximum Gasteiger partial charge on any atom is 0.332 e. The summed E-state index contributed by atoms with van der Waals surface area (Å²) in [5, 5.41) is 11.9. The van der Waals surface area contributed by atoms with Crippen LogP contribution in [-0.2, 0) is 19.6 Å². The van der Waals surface area contributed by atoms with Crippen LogP contribution < -0.4 is 17.0 Å². The second-order valence-corrected chi connectivity index (χ2v) is 7.69. The first-order chi connectivity index (χ1) is 16.3. The number of rotatable bonds is 7. The van der Waals surface area contributed by atoms with Crippen LogP contribution in [0.4, 0.5) is 10.2 Å². The summed E-state index contributed by atoms with van der Waals surface area (Å²) < 4.78 is 15.7. The van der Waals surface area contributed by atoms with Crippen LogP contribution in [-0.4, -0.2) is 35.1 Å². The predicted octanol–water partition coefficient (Wildman–Crippen LogP) is 1.64. The second kappa shape index (κ2) is 9.22. The first-order valence-electron chi connectivity index (χ1n) is 10.5. The number of aryl methyl sites for hydroxylation is 1. The number of nitrogens with two attached hydrogens (primary N) is 1. The highest BCUT2D eigenvalue weighted by Crippen LogP contribution is 2.17. The summed E-state index contributed by atoms with van der Waals surface area (Å²) >= 11 is 0. The number of tetrazole rings is 1. The highest BCUT2D eigenvalue weighted by Gasteiger charge is 2.23. The summed E-state index contributed by atoms with van der Waals surface area (Å²) in [7, 11) is 0. The van der Waals surface area contributed by atoms with E-state index >= 15 is 0 Å². The standard InChI is InChI=1S/C23H22FN7O3/c1-3-29-22(33)19(20(25)30(23(29)34)12-15-7-5-4-6-8-15)18(32)13-31-27-21(26-28-31)16-9-10-17(24)14(2)11-16/h4-11H,3,12-13,25H2,1-2H3. The Hall–Kier alpha value is -4.41. The first-order valence-corrected chi connectivity index (χ1v) is 10.5. The van der Waals surface area contributed by atoms with Crippen molar-refractivity contribution in [1.29, 1.82) is 0 Å². The molecule has 0 saturated heterocycles. The third-order valence-corrected chi connectivity index (χ3v) is 5.40. The number of ketones is 1. The number of aromatic nitrogens is 6. The maximum atomic E-state index is 13.5. The summed E-state index contributed by atoms with van der Waals surface area (Å²) in [5.41, 5.74) is 6.22. The van der Waals surface area contributed by atoms with Gasteiger partial charge in [0, 0.05) is 12.1 Å². The number of carbonyl (C=O) groups is 1. The van der Waals surface area contributed by atoms with Crippen molar-refractivity contribution in [3.05, 3.63) is 91.9 Å². The van der Waals surface area contributed by atoms with Crippen LogP contribution in [0.1, 0.15) is 28.4 Å². The number of carbonyl (C=O) groups excluding carboxylic acids is 1. The molecule has 2 N–H and O–H groups in total. The fraction of sp³-hybridized carbons (Fsp3) is 0.217. The topological polar surface area (TPSA) is 131 Å². The van der Waals surface area contributed by atoms with Crippen molar-refractivity contribution in [3.8, 4) is 11.4 Å². The third kappa shape index (κ3) is 4.27. The number of hydrogen-bond acceptors (Lipinski definition) is 7. The van der Waals surface area contributed by atoms with E-state index in [0.29, 0.717) is 11.1 Å². The Kier molecular flexibility index (Phi) is 6.17. The van der Waals surface area contributed by atoms with Crippen molar-refractivity contribution in [1.82, 2.24) is 29.3 Å². The minimum atomic E-state index is -0.770. The monoisotopic (exact) mass is 463 g/mol. The van der Waals surface area contributed by atoms with Gasteiger partial charge in [0.05, 0.1) is 6.54 Å². The van der Waals surface area contributed by atoms with E-state index in [-0.39, 0.29) is 36.1 Å². The van der Waals surface area contributed by atoms with Gasteiger partial charge in [0.25, 0.3) is 5.56 Å². The lowest BCUT2D eigenvalue weighted by Gasteiger charge is -2.15. The summed E-state index contributed by atoms with van der Waals surface area (Å²) in [6.45, 7) is 3.00. The lowest BCUT2D eigenvalue weighted by Crippen LogP contribution is -2.44. The number of halogens is 1. The molecule has 11 heteroatoms. The number of benzene rings is 2. The number of Topliss-reactive ketones (excluding diaryl/α,β-unsaturated/α-hetero) is 1. The minimum absolute atomic E-state index is 0.0721. The Balaban J connectivity index is 1.69. The Labute approximate surface area is 193 Å². The van der Waals surface area contributed by atoms with Crippen molar-refractivity contribution in [2.75, 3.05) is 5.73 Å². The smallest absolute Gasteiger partial charge is 0.332 e. The number of anilines is 1. The molecule has 0 bridgehead atoms. The van der Waals surface area contributed by atoms with Crippen molar-refractivity contribution >= 4 is 11.6 Å². The van der Waals surface area contributed by atoms with Crippen molar-refractivity contribution < 1.29 is 9.18 Å². The van der Waals surface area contributed by atoms with Crippen LogP contribution in [0.25, 0.3) is 11.4 Å². The molecule has 2 aromatic carbocycles. The normalized spacial score (nSPS) is 11.0. The Morgan fingerprint density at radius 1 is 1.09 bits per heavy atom. The maximum absolute atomic E-state index is 13.5. The molecular formula is C23H22FN7O3. The van der Waals surface area contributed by atoms with E-state index in [1.165, 1.54) is 16.7 Å². The molecule has 34 heavy (non-hydrogen) atoms. The second-order valence-electron chi connectivity index (χ2n) is 7.69. The molecular weight excluding hydrogens is 441 g/mol. The van der Waals surface area contributed by atoms with E-state index in [0.717, 1.165) is 14.9 Å². The number of nitrogen functional groups attached to an aromatic ring is 1. The molecule has 10 nitrogen and oxygen atoms in total. The average molecular weight is 463 g/mol. The van der Waals surface area contributed by atoms with E-state index < -0.39 is 23.6 Å². The van der Waals surface area contributed by atoms with Crippen LogP contribution in [0.15, 0.2) is 58.1 Å². The van der Waals surface area contributed by atoms with E-state index in [1.54, 1.807) is 19.9 Å². The van der Waals surface area contributed by atoms with E-state index in [4.69, 9.17) is 5.73 Å².